The summed E-state index contributed by atoms with van der Waals surface area (Å²) in [6, 6.07) is 12.3. The van der Waals surface area contributed by atoms with E-state index in [0.29, 0.717) is 19.8 Å². The molecule has 2 aromatic carbocycles. The minimum absolute atomic E-state index is 0.273. The van der Waals surface area contributed by atoms with Crippen LogP contribution in [0.5, 0.6) is 11.5 Å². The number of hydrogen-bond acceptors (Lipinski definition) is 6. The molecular weight excluding hydrogens is 368 g/mol. The van der Waals surface area contributed by atoms with E-state index in [1.54, 1.807) is 0 Å². The van der Waals surface area contributed by atoms with Gasteiger partial charge in [-0.2, -0.15) is 0 Å². The topological polar surface area (TPSA) is 54.4 Å². The number of hydrogen-bond donors (Lipinski definition) is 1. The Morgan fingerprint density at radius 3 is 2.66 bits per heavy atom. The second-order valence-electron chi connectivity index (χ2n) is 7.86. The first-order valence-electron chi connectivity index (χ1n) is 10.3. The highest BCUT2D eigenvalue weighted by Gasteiger charge is 2.21. The number of aliphatic hydroxyl groups is 1. The van der Waals surface area contributed by atoms with Crippen LogP contribution in [0.3, 0.4) is 0 Å². The number of aryl methyl sites for hydroxylation is 1. The third kappa shape index (κ3) is 4.83. The lowest BCUT2D eigenvalue weighted by molar-refractivity contribution is 0.00911. The van der Waals surface area contributed by atoms with Crippen molar-refractivity contribution in [3.05, 3.63) is 53.1 Å². The minimum Gasteiger partial charge on any atom is -0.454 e. The van der Waals surface area contributed by atoms with Gasteiger partial charge in [0.2, 0.25) is 6.79 Å². The van der Waals surface area contributed by atoms with Gasteiger partial charge in [0, 0.05) is 38.4 Å². The molecule has 2 aliphatic heterocycles. The largest absolute Gasteiger partial charge is 0.454 e. The Bertz CT molecular complexity index is 834. The average Bonchev–Trinajstić information content (AvgIpc) is 3.19. The predicted molar refractivity (Wildman–Crippen MR) is 113 cm³/mol. The molecule has 2 heterocycles. The van der Waals surface area contributed by atoms with Crippen molar-refractivity contribution in [2.45, 2.75) is 26.6 Å². The summed E-state index contributed by atoms with van der Waals surface area (Å²) in [4.78, 5) is 4.76. The smallest absolute Gasteiger partial charge is 0.231 e. The summed E-state index contributed by atoms with van der Waals surface area (Å²) in [6.07, 6.45) is -0.490. The van der Waals surface area contributed by atoms with E-state index in [1.165, 1.54) is 16.8 Å². The highest BCUT2D eigenvalue weighted by Crippen LogP contribution is 2.32. The number of piperazine rings is 1. The number of benzene rings is 2. The second kappa shape index (κ2) is 9.03. The minimum atomic E-state index is -0.490. The lowest BCUT2D eigenvalue weighted by atomic mass is 10.1. The highest BCUT2D eigenvalue weighted by molar-refractivity contribution is 5.56. The molecule has 6 nitrogen and oxygen atoms in total. The van der Waals surface area contributed by atoms with Crippen molar-refractivity contribution in [2.75, 3.05) is 51.0 Å². The van der Waals surface area contributed by atoms with Crippen molar-refractivity contribution in [3.63, 3.8) is 0 Å². The van der Waals surface area contributed by atoms with Crippen LogP contribution in [0.15, 0.2) is 36.4 Å². The van der Waals surface area contributed by atoms with Crippen LogP contribution in [-0.4, -0.2) is 62.2 Å². The number of rotatable bonds is 7. The number of ether oxygens (including phenoxy) is 3. The number of aliphatic hydroxyl groups excluding tert-OH is 1. The molecule has 1 fully saturated rings. The maximum atomic E-state index is 10.4. The third-order valence-corrected chi connectivity index (χ3v) is 5.77. The van der Waals surface area contributed by atoms with Crippen molar-refractivity contribution in [2.24, 2.45) is 0 Å². The second-order valence-corrected chi connectivity index (χ2v) is 7.86. The maximum absolute atomic E-state index is 10.4. The molecule has 2 aromatic rings. The third-order valence-electron chi connectivity index (χ3n) is 5.77. The molecule has 0 bridgehead atoms. The number of fused-ring (bicyclic) bond motifs is 1. The lowest BCUT2D eigenvalue weighted by Crippen LogP contribution is -2.49. The maximum Gasteiger partial charge on any atom is 0.231 e. The van der Waals surface area contributed by atoms with Gasteiger partial charge in [0.1, 0.15) is 0 Å². The van der Waals surface area contributed by atoms with Crippen LogP contribution >= 0.6 is 0 Å². The summed E-state index contributed by atoms with van der Waals surface area (Å²) in [5, 5.41) is 10.4. The monoisotopic (exact) mass is 398 g/mol. The van der Waals surface area contributed by atoms with E-state index in [9.17, 15) is 5.11 Å². The first-order valence-corrected chi connectivity index (χ1v) is 10.3. The molecule has 0 aromatic heterocycles. The van der Waals surface area contributed by atoms with Gasteiger partial charge in [-0.25, -0.2) is 0 Å². The molecule has 0 radical (unpaired) electrons. The predicted octanol–water partition coefficient (Wildman–Crippen LogP) is 2.73. The van der Waals surface area contributed by atoms with Gasteiger partial charge in [0.25, 0.3) is 0 Å². The average molecular weight is 399 g/mol. The van der Waals surface area contributed by atoms with Gasteiger partial charge >= 0.3 is 0 Å². The van der Waals surface area contributed by atoms with E-state index in [-0.39, 0.29) is 6.79 Å². The highest BCUT2D eigenvalue weighted by atomic mass is 16.7. The Morgan fingerprint density at radius 2 is 1.83 bits per heavy atom. The summed E-state index contributed by atoms with van der Waals surface area (Å²) in [5.41, 5.74) is 5.04. The first kappa shape index (κ1) is 20.0. The molecule has 2 aliphatic rings. The molecule has 1 atom stereocenters. The molecule has 1 N–H and O–H groups in total. The SMILES string of the molecule is Cc1cccc(N2CCN(CC(O)COCc3ccc4c(c3)OCO4)CC2)c1C. The summed E-state index contributed by atoms with van der Waals surface area (Å²) in [5.74, 6) is 1.53. The van der Waals surface area contributed by atoms with Crippen LogP contribution in [0.4, 0.5) is 5.69 Å². The zero-order valence-electron chi connectivity index (χ0n) is 17.3. The fraction of sp³-hybridized carbons (Fsp3) is 0.478. The van der Waals surface area contributed by atoms with Crippen LogP contribution in [0.25, 0.3) is 0 Å². The molecule has 0 spiro atoms. The van der Waals surface area contributed by atoms with Crippen molar-refractivity contribution >= 4 is 5.69 Å². The fourth-order valence-corrected chi connectivity index (χ4v) is 3.94. The molecule has 4 rings (SSSR count). The summed E-state index contributed by atoms with van der Waals surface area (Å²) >= 11 is 0. The van der Waals surface area contributed by atoms with E-state index in [4.69, 9.17) is 14.2 Å². The summed E-state index contributed by atoms with van der Waals surface area (Å²) in [7, 11) is 0. The normalized spacial score (nSPS) is 17.6. The molecular formula is C23H30N2O4. The zero-order chi connectivity index (χ0) is 20.2. The van der Waals surface area contributed by atoms with Crippen molar-refractivity contribution in [1.82, 2.24) is 4.90 Å². The van der Waals surface area contributed by atoms with Gasteiger partial charge in [-0.3, -0.25) is 4.90 Å². The van der Waals surface area contributed by atoms with Gasteiger partial charge < -0.3 is 24.2 Å². The van der Waals surface area contributed by atoms with Crippen LogP contribution in [0.1, 0.15) is 16.7 Å². The van der Waals surface area contributed by atoms with Crippen LogP contribution < -0.4 is 14.4 Å². The Hall–Kier alpha value is -2.28. The van der Waals surface area contributed by atoms with Crippen LogP contribution in [0.2, 0.25) is 0 Å². The van der Waals surface area contributed by atoms with E-state index in [0.717, 1.165) is 43.2 Å². The van der Waals surface area contributed by atoms with E-state index < -0.39 is 6.10 Å². The van der Waals surface area contributed by atoms with E-state index in [2.05, 4.69) is 41.8 Å². The van der Waals surface area contributed by atoms with Crippen molar-refractivity contribution < 1.29 is 19.3 Å². The van der Waals surface area contributed by atoms with Crippen molar-refractivity contribution in [1.29, 1.82) is 0 Å². The number of nitrogens with zero attached hydrogens (tertiary/aromatic N) is 2. The first-order chi connectivity index (χ1) is 14.1. The van der Waals surface area contributed by atoms with Gasteiger partial charge in [-0.15, -0.1) is 0 Å². The summed E-state index contributed by atoms with van der Waals surface area (Å²) in [6.45, 7) is 9.91. The van der Waals surface area contributed by atoms with E-state index in [1.807, 2.05) is 18.2 Å². The molecule has 0 saturated carbocycles. The molecule has 0 aliphatic carbocycles. The van der Waals surface area contributed by atoms with E-state index >= 15 is 0 Å². The van der Waals surface area contributed by atoms with Gasteiger partial charge in [-0.05, 0) is 48.7 Å². The standard InChI is InChI=1S/C23H30N2O4/c1-17-4-3-5-21(18(17)2)25-10-8-24(9-11-25)13-20(26)15-27-14-19-6-7-22-23(12-19)29-16-28-22/h3-7,12,20,26H,8-11,13-16H2,1-2H3. The Labute approximate surface area is 172 Å². The number of anilines is 1. The van der Waals surface area contributed by atoms with Crippen LogP contribution in [-0.2, 0) is 11.3 Å². The fourth-order valence-electron chi connectivity index (χ4n) is 3.94. The molecule has 6 heteroatoms. The molecule has 156 valence electrons. The summed E-state index contributed by atoms with van der Waals surface area (Å²) < 4.78 is 16.4. The zero-order valence-corrected chi connectivity index (χ0v) is 17.3. The van der Waals surface area contributed by atoms with Gasteiger partial charge in [-0.1, -0.05) is 18.2 Å². The molecule has 1 unspecified atom stereocenters. The van der Waals surface area contributed by atoms with Gasteiger partial charge in [0.05, 0.1) is 19.3 Å². The molecule has 0 amide bonds. The molecule has 1 saturated heterocycles. The number of β-amino-alcohol motifs (C(OH)–C–C–N with tert-alkyl or cyclic N) is 1. The van der Waals surface area contributed by atoms with Gasteiger partial charge in [0.15, 0.2) is 11.5 Å². The van der Waals surface area contributed by atoms with Crippen LogP contribution in [0, 0.1) is 13.8 Å². The quantitative estimate of drug-likeness (QED) is 0.774. The molecule has 29 heavy (non-hydrogen) atoms. The van der Waals surface area contributed by atoms with Crippen molar-refractivity contribution in [3.8, 4) is 11.5 Å². The Morgan fingerprint density at radius 1 is 1.03 bits per heavy atom. The Kier molecular flexibility index (Phi) is 6.23. The lowest BCUT2D eigenvalue weighted by Gasteiger charge is -2.37. The Balaban J connectivity index is 1.19.